The third kappa shape index (κ3) is 2.28. The number of nitrogens with zero attached hydrogens (tertiary/aromatic N) is 4. The molecule has 0 aliphatic carbocycles. The van der Waals surface area contributed by atoms with Crippen LogP contribution in [0.3, 0.4) is 0 Å². The van der Waals surface area contributed by atoms with Gasteiger partial charge in [0, 0.05) is 20.2 Å². The minimum Gasteiger partial charge on any atom is -0.381 e. The summed E-state index contributed by atoms with van der Waals surface area (Å²) in [6.45, 7) is 1.86. The zero-order chi connectivity index (χ0) is 11.4. The fourth-order valence-electron chi connectivity index (χ4n) is 1.86. The molecule has 2 heterocycles. The van der Waals surface area contributed by atoms with E-state index in [0.29, 0.717) is 11.8 Å². The maximum Gasteiger partial charge on any atom is 0.158 e. The third-order valence-corrected chi connectivity index (χ3v) is 2.85. The highest BCUT2D eigenvalue weighted by Gasteiger charge is 2.19. The van der Waals surface area contributed by atoms with Gasteiger partial charge in [-0.25, -0.2) is 9.97 Å². The van der Waals surface area contributed by atoms with Crippen LogP contribution < -0.4 is 4.90 Å². The Bertz CT molecular complexity index is 376. The maximum absolute atomic E-state index is 8.62. The number of aromatic nitrogens is 2. The van der Waals surface area contributed by atoms with E-state index < -0.39 is 0 Å². The van der Waals surface area contributed by atoms with Gasteiger partial charge in [0.15, 0.2) is 5.69 Å². The molecule has 1 aliphatic rings. The monoisotopic (exact) mass is 218 g/mol. The van der Waals surface area contributed by atoms with Gasteiger partial charge >= 0.3 is 0 Å². The first kappa shape index (κ1) is 10.8. The fraction of sp³-hybridized carbons (Fsp3) is 0.545. The second-order valence-corrected chi connectivity index (χ2v) is 3.79. The van der Waals surface area contributed by atoms with Crippen LogP contribution in [0.25, 0.3) is 0 Å². The SMILES string of the molecule is COC1CCN(c2cnc(C#N)cn2)CC1. The average molecular weight is 218 g/mol. The Labute approximate surface area is 94.7 Å². The van der Waals surface area contributed by atoms with Crippen LogP contribution in [0.4, 0.5) is 5.82 Å². The van der Waals surface area contributed by atoms with Crippen molar-refractivity contribution in [3.8, 4) is 6.07 Å². The van der Waals surface area contributed by atoms with Crippen LogP contribution in [-0.2, 0) is 4.74 Å². The largest absolute Gasteiger partial charge is 0.381 e. The lowest BCUT2D eigenvalue weighted by atomic mass is 10.1. The molecule has 0 bridgehead atoms. The molecule has 0 atom stereocenters. The van der Waals surface area contributed by atoms with Crippen molar-refractivity contribution >= 4 is 5.82 Å². The molecule has 5 heteroatoms. The van der Waals surface area contributed by atoms with Crippen LogP contribution in [0, 0.1) is 11.3 Å². The van der Waals surface area contributed by atoms with E-state index in [2.05, 4.69) is 14.9 Å². The normalized spacial score (nSPS) is 17.1. The molecule has 84 valence electrons. The van der Waals surface area contributed by atoms with E-state index in [1.54, 1.807) is 13.3 Å². The van der Waals surface area contributed by atoms with E-state index in [1.807, 2.05) is 6.07 Å². The van der Waals surface area contributed by atoms with Crippen LogP contribution in [0.1, 0.15) is 18.5 Å². The first-order chi connectivity index (χ1) is 7.83. The lowest BCUT2D eigenvalue weighted by Crippen LogP contribution is -2.37. The molecule has 5 nitrogen and oxygen atoms in total. The van der Waals surface area contributed by atoms with Gasteiger partial charge in [-0.3, -0.25) is 0 Å². The summed E-state index contributed by atoms with van der Waals surface area (Å²) in [5, 5.41) is 8.62. The number of rotatable bonds is 2. The summed E-state index contributed by atoms with van der Waals surface area (Å²) in [6.07, 6.45) is 5.56. The van der Waals surface area contributed by atoms with E-state index in [-0.39, 0.29) is 0 Å². The lowest BCUT2D eigenvalue weighted by Gasteiger charge is -2.31. The van der Waals surface area contributed by atoms with Crippen molar-refractivity contribution in [1.29, 1.82) is 5.26 Å². The van der Waals surface area contributed by atoms with Crippen LogP contribution in [-0.4, -0.2) is 36.3 Å². The highest BCUT2D eigenvalue weighted by molar-refractivity contribution is 5.37. The summed E-state index contributed by atoms with van der Waals surface area (Å²) in [6, 6.07) is 1.96. The van der Waals surface area contributed by atoms with Gasteiger partial charge in [0.1, 0.15) is 11.9 Å². The van der Waals surface area contributed by atoms with Gasteiger partial charge in [0.05, 0.1) is 18.5 Å². The number of piperidine rings is 1. The second-order valence-electron chi connectivity index (χ2n) is 3.79. The Morgan fingerprint density at radius 1 is 1.38 bits per heavy atom. The summed E-state index contributed by atoms with van der Waals surface area (Å²) < 4.78 is 5.31. The number of ether oxygens (including phenoxy) is 1. The minimum atomic E-state index is 0.357. The van der Waals surface area contributed by atoms with Crippen molar-refractivity contribution < 1.29 is 4.74 Å². The molecular weight excluding hydrogens is 204 g/mol. The van der Waals surface area contributed by atoms with Gasteiger partial charge in [0.2, 0.25) is 0 Å². The van der Waals surface area contributed by atoms with E-state index in [4.69, 9.17) is 10.00 Å². The van der Waals surface area contributed by atoms with Crippen LogP contribution in [0.15, 0.2) is 12.4 Å². The van der Waals surface area contributed by atoms with Crippen LogP contribution in [0.5, 0.6) is 0 Å². The van der Waals surface area contributed by atoms with Gasteiger partial charge in [-0.05, 0) is 12.8 Å². The molecule has 0 radical (unpaired) electrons. The Morgan fingerprint density at radius 2 is 2.12 bits per heavy atom. The van der Waals surface area contributed by atoms with Gasteiger partial charge in [-0.1, -0.05) is 0 Å². The Balaban J connectivity index is 2.00. The molecule has 0 aromatic carbocycles. The van der Waals surface area contributed by atoms with Crippen LogP contribution in [0.2, 0.25) is 0 Å². The minimum absolute atomic E-state index is 0.357. The molecule has 16 heavy (non-hydrogen) atoms. The van der Waals surface area contributed by atoms with E-state index in [0.717, 1.165) is 31.7 Å². The van der Waals surface area contributed by atoms with E-state index in [1.165, 1.54) is 6.20 Å². The van der Waals surface area contributed by atoms with Crippen molar-refractivity contribution in [3.05, 3.63) is 18.1 Å². The molecule has 0 spiro atoms. The highest BCUT2D eigenvalue weighted by Crippen LogP contribution is 2.18. The Hall–Kier alpha value is -1.67. The standard InChI is InChI=1S/C11H14N4O/c1-16-10-2-4-15(5-3-10)11-8-13-9(6-12)7-14-11/h7-8,10H,2-5H2,1H3. The first-order valence-corrected chi connectivity index (χ1v) is 5.33. The lowest BCUT2D eigenvalue weighted by molar-refractivity contribution is 0.0818. The first-order valence-electron chi connectivity index (χ1n) is 5.33. The quantitative estimate of drug-likeness (QED) is 0.740. The van der Waals surface area contributed by atoms with Crippen molar-refractivity contribution in [2.45, 2.75) is 18.9 Å². The molecule has 1 saturated heterocycles. The van der Waals surface area contributed by atoms with Crippen LogP contribution >= 0.6 is 0 Å². The Kier molecular flexibility index (Phi) is 3.32. The predicted molar refractivity (Wildman–Crippen MR) is 59.0 cm³/mol. The zero-order valence-electron chi connectivity index (χ0n) is 9.26. The number of hydrogen-bond donors (Lipinski definition) is 0. The summed E-state index contributed by atoms with van der Waals surface area (Å²) in [7, 11) is 1.75. The van der Waals surface area contributed by atoms with Crippen molar-refractivity contribution in [1.82, 2.24) is 9.97 Å². The predicted octanol–water partition coefficient (Wildman–Crippen LogP) is 0.963. The van der Waals surface area contributed by atoms with E-state index >= 15 is 0 Å². The van der Waals surface area contributed by atoms with Crippen molar-refractivity contribution in [3.63, 3.8) is 0 Å². The van der Waals surface area contributed by atoms with Gasteiger partial charge < -0.3 is 9.64 Å². The maximum atomic E-state index is 8.62. The molecular formula is C11H14N4O. The summed E-state index contributed by atoms with van der Waals surface area (Å²) in [5.74, 6) is 0.841. The van der Waals surface area contributed by atoms with Crippen molar-refractivity contribution in [2.24, 2.45) is 0 Å². The summed E-state index contributed by atoms with van der Waals surface area (Å²) in [4.78, 5) is 10.4. The number of anilines is 1. The molecule has 0 amide bonds. The number of methoxy groups -OCH3 is 1. The topological polar surface area (TPSA) is 62.0 Å². The molecule has 0 saturated carbocycles. The van der Waals surface area contributed by atoms with Crippen molar-refractivity contribution in [2.75, 3.05) is 25.1 Å². The van der Waals surface area contributed by atoms with Gasteiger partial charge in [-0.2, -0.15) is 5.26 Å². The van der Waals surface area contributed by atoms with E-state index in [9.17, 15) is 0 Å². The summed E-state index contributed by atoms with van der Waals surface area (Å²) in [5.41, 5.74) is 0.357. The number of nitriles is 1. The molecule has 1 aliphatic heterocycles. The van der Waals surface area contributed by atoms with Gasteiger partial charge in [0.25, 0.3) is 0 Å². The smallest absolute Gasteiger partial charge is 0.158 e. The molecule has 1 aromatic rings. The highest BCUT2D eigenvalue weighted by atomic mass is 16.5. The Morgan fingerprint density at radius 3 is 2.62 bits per heavy atom. The molecule has 1 aromatic heterocycles. The average Bonchev–Trinajstić information content (AvgIpc) is 2.39. The van der Waals surface area contributed by atoms with Gasteiger partial charge in [-0.15, -0.1) is 0 Å². The second kappa shape index (κ2) is 4.90. The molecule has 2 rings (SSSR count). The molecule has 1 fully saturated rings. The fourth-order valence-corrected chi connectivity index (χ4v) is 1.86. The summed E-state index contributed by atoms with van der Waals surface area (Å²) >= 11 is 0. The number of hydrogen-bond acceptors (Lipinski definition) is 5. The molecule has 0 N–H and O–H groups in total. The third-order valence-electron chi connectivity index (χ3n) is 2.85. The molecule has 0 unspecified atom stereocenters. The zero-order valence-corrected chi connectivity index (χ0v) is 9.26.